The topological polar surface area (TPSA) is 52.6 Å². The summed E-state index contributed by atoms with van der Waals surface area (Å²) in [7, 11) is 0. The monoisotopic (exact) mass is 242 g/mol. The molecule has 0 aromatic carbocycles. The summed E-state index contributed by atoms with van der Waals surface area (Å²) in [4.78, 5) is 13.9. The standard InChI is InChI=1S/C13H26N2O2/c1-3-11(2)14-13(17)10-15-7-4-12(5-8-15)6-9-16/h11-12,16H,3-10H2,1-2H3,(H,14,17). The molecule has 0 aliphatic carbocycles. The van der Waals surface area contributed by atoms with Crippen LogP contribution in [0.1, 0.15) is 39.5 Å². The predicted octanol–water partition coefficient (Wildman–Crippen LogP) is 0.995. The molecular formula is C13H26N2O2. The predicted molar refractivity (Wildman–Crippen MR) is 68.8 cm³/mol. The molecule has 1 rings (SSSR count). The van der Waals surface area contributed by atoms with E-state index in [0.29, 0.717) is 19.1 Å². The van der Waals surface area contributed by atoms with Gasteiger partial charge in [-0.15, -0.1) is 0 Å². The van der Waals surface area contributed by atoms with Crippen molar-refractivity contribution in [2.24, 2.45) is 5.92 Å². The maximum atomic E-state index is 11.7. The van der Waals surface area contributed by atoms with Gasteiger partial charge in [0.1, 0.15) is 0 Å². The second kappa shape index (κ2) is 7.67. The fraction of sp³-hybridized carbons (Fsp3) is 0.923. The number of rotatable bonds is 6. The minimum Gasteiger partial charge on any atom is -0.396 e. The Morgan fingerprint density at radius 3 is 2.65 bits per heavy atom. The summed E-state index contributed by atoms with van der Waals surface area (Å²) in [5.74, 6) is 0.786. The van der Waals surface area contributed by atoms with Crippen LogP contribution in [0.4, 0.5) is 0 Å². The number of aliphatic hydroxyl groups is 1. The van der Waals surface area contributed by atoms with Crippen LogP contribution < -0.4 is 5.32 Å². The summed E-state index contributed by atoms with van der Waals surface area (Å²) in [5, 5.41) is 11.9. The first kappa shape index (κ1) is 14.5. The van der Waals surface area contributed by atoms with Crippen LogP contribution in [0, 0.1) is 5.92 Å². The molecule has 0 spiro atoms. The van der Waals surface area contributed by atoms with E-state index in [1.54, 1.807) is 0 Å². The highest BCUT2D eigenvalue weighted by molar-refractivity contribution is 5.78. The van der Waals surface area contributed by atoms with Crippen LogP contribution in [0.5, 0.6) is 0 Å². The molecule has 4 heteroatoms. The van der Waals surface area contributed by atoms with Gasteiger partial charge in [-0.2, -0.15) is 0 Å². The van der Waals surface area contributed by atoms with Gasteiger partial charge in [0.15, 0.2) is 0 Å². The van der Waals surface area contributed by atoms with Crippen LogP contribution in [-0.4, -0.2) is 48.2 Å². The average Bonchev–Trinajstić information content (AvgIpc) is 2.31. The molecule has 1 amide bonds. The first-order chi connectivity index (χ1) is 8.15. The molecule has 1 aliphatic rings. The molecule has 0 aromatic heterocycles. The first-order valence-corrected chi connectivity index (χ1v) is 6.78. The smallest absolute Gasteiger partial charge is 0.234 e. The lowest BCUT2D eigenvalue weighted by molar-refractivity contribution is -0.123. The Morgan fingerprint density at radius 1 is 1.47 bits per heavy atom. The molecule has 1 atom stereocenters. The van der Waals surface area contributed by atoms with Crippen molar-refractivity contribution < 1.29 is 9.90 Å². The van der Waals surface area contributed by atoms with E-state index in [1.807, 2.05) is 6.92 Å². The zero-order valence-corrected chi connectivity index (χ0v) is 11.1. The van der Waals surface area contributed by atoms with Crippen LogP contribution in [0.3, 0.4) is 0 Å². The summed E-state index contributed by atoms with van der Waals surface area (Å²) >= 11 is 0. The van der Waals surface area contributed by atoms with E-state index in [1.165, 1.54) is 0 Å². The molecule has 0 aromatic rings. The highest BCUT2D eigenvalue weighted by Crippen LogP contribution is 2.19. The number of piperidine rings is 1. The summed E-state index contributed by atoms with van der Waals surface area (Å²) in [6, 6.07) is 0.273. The lowest BCUT2D eigenvalue weighted by Gasteiger charge is -2.31. The van der Waals surface area contributed by atoms with Crippen molar-refractivity contribution in [3.05, 3.63) is 0 Å². The summed E-state index contributed by atoms with van der Waals surface area (Å²) in [5.41, 5.74) is 0. The normalized spacial score (nSPS) is 20.2. The van der Waals surface area contributed by atoms with E-state index in [9.17, 15) is 4.79 Å². The molecule has 0 bridgehead atoms. The van der Waals surface area contributed by atoms with Crippen molar-refractivity contribution in [2.45, 2.75) is 45.6 Å². The number of hydrogen-bond acceptors (Lipinski definition) is 3. The maximum Gasteiger partial charge on any atom is 0.234 e. The Bertz CT molecular complexity index is 225. The fourth-order valence-electron chi connectivity index (χ4n) is 2.24. The molecule has 100 valence electrons. The van der Waals surface area contributed by atoms with Gasteiger partial charge in [0, 0.05) is 12.6 Å². The van der Waals surface area contributed by atoms with Gasteiger partial charge in [0.05, 0.1) is 6.54 Å². The third-order valence-corrected chi connectivity index (χ3v) is 3.63. The van der Waals surface area contributed by atoms with Crippen molar-refractivity contribution in [2.75, 3.05) is 26.2 Å². The van der Waals surface area contributed by atoms with Gasteiger partial charge >= 0.3 is 0 Å². The zero-order valence-electron chi connectivity index (χ0n) is 11.1. The van der Waals surface area contributed by atoms with Crippen molar-refractivity contribution in [3.63, 3.8) is 0 Å². The molecule has 0 radical (unpaired) electrons. The second-order valence-corrected chi connectivity index (χ2v) is 5.11. The molecule has 0 saturated carbocycles. The second-order valence-electron chi connectivity index (χ2n) is 5.11. The number of amides is 1. The highest BCUT2D eigenvalue weighted by atomic mass is 16.3. The van der Waals surface area contributed by atoms with Gasteiger partial charge in [0.25, 0.3) is 0 Å². The summed E-state index contributed by atoms with van der Waals surface area (Å²) in [6.45, 7) is 6.89. The molecule has 1 unspecified atom stereocenters. The number of nitrogens with one attached hydrogen (secondary N) is 1. The Hall–Kier alpha value is -0.610. The minimum atomic E-state index is 0.139. The van der Waals surface area contributed by atoms with Crippen LogP contribution in [-0.2, 0) is 4.79 Å². The molecule has 17 heavy (non-hydrogen) atoms. The SMILES string of the molecule is CCC(C)NC(=O)CN1CCC(CCO)CC1. The van der Waals surface area contributed by atoms with E-state index in [2.05, 4.69) is 17.1 Å². The number of aliphatic hydroxyl groups excluding tert-OH is 1. The molecule has 1 fully saturated rings. The Labute approximate surface area is 104 Å². The number of likely N-dealkylation sites (tertiary alicyclic amines) is 1. The highest BCUT2D eigenvalue weighted by Gasteiger charge is 2.20. The lowest BCUT2D eigenvalue weighted by Crippen LogP contribution is -2.43. The minimum absolute atomic E-state index is 0.139. The number of carbonyl (C=O) groups is 1. The van der Waals surface area contributed by atoms with Gasteiger partial charge in [0.2, 0.25) is 5.91 Å². The largest absolute Gasteiger partial charge is 0.396 e. The van der Waals surface area contributed by atoms with Gasteiger partial charge in [-0.05, 0) is 51.6 Å². The Morgan fingerprint density at radius 2 is 2.12 bits per heavy atom. The fourth-order valence-corrected chi connectivity index (χ4v) is 2.24. The van der Waals surface area contributed by atoms with E-state index < -0.39 is 0 Å². The van der Waals surface area contributed by atoms with Gasteiger partial charge in [-0.1, -0.05) is 6.92 Å². The van der Waals surface area contributed by atoms with Crippen molar-refractivity contribution in [1.29, 1.82) is 0 Å². The summed E-state index contributed by atoms with van der Waals surface area (Å²) < 4.78 is 0. The van der Waals surface area contributed by atoms with Crippen LogP contribution in [0.25, 0.3) is 0 Å². The number of hydrogen-bond donors (Lipinski definition) is 2. The molecule has 4 nitrogen and oxygen atoms in total. The van der Waals surface area contributed by atoms with E-state index >= 15 is 0 Å². The number of carbonyl (C=O) groups excluding carboxylic acids is 1. The number of nitrogens with zero attached hydrogens (tertiary/aromatic N) is 1. The zero-order chi connectivity index (χ0) is 12.7. The molecule has 2 N–H and O–H groups in total. The third kappa shape index (κ3) is 5.50. The quantitative estimate of drug-likeness (QED) is 0.730. The van der Waals surface area contributed by atoms with Crippen molar-refractivity contribution in [3.8, 4) is 0 Å². The van der Waals surface area contributed by atoms with Crippen molar-refractivity contribution in [1.82, 2.24) is 10.2 Å². The van der Waals surface area contributed by atoms with Gasteiger partial charge < -0.3 is 10.4 Å². The van der Waals surface area contributed by atoms with Crippen LogP contribution in [0.2, 0.25) is 0 Å². The van der Waals surface area contributed by atoms with Crippen LogP contribution >= 0.6 is 0 Å². The average molecular weight is 242 g/mol. The molecule has 1 aliphatic heterocycles. The molecule has 1 heterocycles. The van der Waals surface area contributed by atoms with Gasteiger partial charge in [-0.25, -0.2) is 0 Å². The molecule has 1 saturated heterocycles. The Kier molecular flexibility index (Phi) is 6.52. The lowest BCUT2D eigenvalue weighted by atomic mass is 9.94. The van der Waals surface area contributed by atoms with E-state index in [0.717, 1.165) is 38.8 Å². The van der Waals surface area contributed by atoms with Gasteiger partial charge in [-0.3, -0.25) is 9.69 Å². The third-order valence-electron chi connectivity index (χ3n) is 3.63. The van der Waals surface area contributed by atoms with Crippen LogP contribution in [0.15, 0.2) is 0 Å². The maximum absolute atomic E-state index is 11.7. The summed E-state index contributed by atoms with van der Waals surface area (Å²) in [6.07, 6.45) is 4.10. The Balaban J connectivity index is 2.19. The molecular weight excluding hydrogens is 216 g/mol. The first-order valence-electron chi connectivity index (χ1n) is 6.78. The van der Waals surface area contributed by atoms with E-state index in [4.69, 9.17) is 5.11 Å². The van der Waals surface area contributed by atoms with E-state index in [-0.39, 0.29) is 11.9 Å². The van der Waals surface area contributed by atoms with Crippen molar-refractivity contribution >= 4 is 5.91 Å².